The lowest BCUT2D eigenvalue weighted by Crippen LogP contribution is -2.38. The topological polar surface area (TPSA) is 70.4 Å². The molecule has 1 saturated carbocycles. The molecule has 0 spiro atoms. The van der Waals surface area contributed by atoms with Gasteiger partial charge in [0.15, 0.2) is 5.96 Å². The maximum absolute atomic E-state index is 12.1. The first-order chi connectivity index (χ1) is 13.2. The van der Waals surface area contributed by atoms with Gasteiger partial charge in [-0.1, -0.05) is 18.6 Å². The molecule has 27 heavy (non-hydrogen) atoms. The number of anilines is 1. The summed E-state index contributed by atoms with van der Waals surface area (Å²) in [5.74, 6) is 1.13. The molecule has 1 aliphatic carbocycles. The molecule has 3 N–H and O–H groups in total. The molecule has 144 valence electrons. The predicted octanol–water partition coefficient (Wildman–Crippen LogP) is 2.98. The predicted molar refractivity (Wildman–Crippen MR) is 110 cm³/mol. The Morgan fingerprint density at radius 3 is 2.70 bits per heavy atom. The van der Waals surface area contributed by atoms with Gasteiger partial charge >= 0.3 is 0 Å². The molecule has 0 bridgehead atoms. The number of aliphatic imine (C=N–C) groups is 1. The van der Waals surface area contributed by atoms with Crippen LogP contribution < -0.4 is 16.0 Å². The smallest absolute Gasteiger partial charge is 0.227 e. The number of hydrogen-bond donors (Lipinski definition) is 3. The second-order valence-electron chi connectivity index (χ2n) is 6.86. The van der Waals surface area contributed by atoms with Crippen molar-refractivity contribution in [2.75, 3.05) is 18.4 Å². The van der Waals surface area contributed by atoms with Crippen molar-refractivity contribution in [3.63, 3.8) is 0 Å². The number of aromatic nitrogens is 1. The summed E-state index contributed by atoms with van der Waals surface area (Å²) in [6.07, 6.45) is 7.29. The van der Waals surface area contributed by atoms with Crippen LogP contribution >= 0.6 is 0 Å². The molecule has 1 heterocycles. The van der Waals surface area contributed by atoms with Gasteiger partial charge in [-0.3, -0.25) is 4.79 Å². The van der Waals surface area contributed by atoms with E-state index in [9.17, 15) is 4.79 Å². The standard InChI is InChI=1S/C21H29N5O/c1-2-22-21(23-11-14-26-12-3-4-13-26)24-16-17-7-5-10-19(15-17)25-20(27)18-8-6-9-18/h3-5,7,10,12-13,15,18H,2,6,8-9,11,14,16H2,1H3,(H,25,27)(H2,22,23,24). The molecule has 1 fully saturated rings. The molecule has 6 nitrogen and oxygen atoms in total. The van der Waals surface area contributed by atoms with Crippen LogP contribution in [0.2, 0.25) is 0 Å². The largest absolute Gasteiger partial charge is 0.357 e. The monoisotopic (exact) mass is 367 g/mol. The average Bonchev–Trinajstić information content (AvgIpc) is 3.12. The van der Waals surface area contributed by atoms with E-state index in [1.165, 1.54) is 0 Å². The molecule has 3 rings (SSSR count). The third kappa shape index (κ3) is 5.88. The zero-order valence-electron chi connectivity index (χ0n) is 15.9. The van der Waals surface area contributed by atoms with Crippen molar-refractivity contribution >= 4 is 17.6 Å². The van der Waals surface area contributed by atoms with Crippen LogP contribution in [-0.4, -0.2) is 29.5 Å². The van der Waals surface area contributed by atoms with Gasteiger partial charge in [-0.2, -0.15) is 0 Å². The van der Waals surface area contributed by atoms with E-state index in [4.69, 9.17) is 0 Å². The number of nitrogens with one attached hydrogen (secondary N) is 3. The van der Waals surface area contributed by atoms with E-state index in [-0.39, 0.29) is 11.8 Å². The summed E-state index contributed by atoms with van der Waals surface area (Å²) in [5, 5.41) is 9.65. The number of guanidine groups is 1. The summed E-state index contributed by atoms with van der Waals surface area (Å²) in [5.41, 5.74) is 1.93. The first-order valence-electron chi connectivity index (χ1n) is 9.77. The zero-order chi connectivity index (χ0) is 18.9. The molecule has 1 aromatic carbocycles. The summed E-state index contributed by atoms with van der Waals surface area (Å²) < 4.78 is 2.13. The van der Waals surface area contributed by atoms with Gasteiger partial charge in [0, 0.05) is 43.6 Å². The minimum Gasteiger partial charge on any atom is -0.357 e. The van der Waals surface area contributed by atoms with Crippen LogP contribution in [0.4, 0.5) is 5.69 Å². The highest BCUT2D eigenvalue weighted by molar-refractivity contribution is 5.93. The van der Waals surface area contributed by atoms with Crippen molar-refractivity contribution in [1.82, 2.24) is 15.2 Å². The number of carbonyl (C=O) groups excluding carboxylic acids is 1. The number of rotatable bonds is 8. The van der Waals surface area contributed by atoms with E-state index >= 15 is 0 Å². The average molecular weight is 367 g/mol. The normalized spacial score (nSPS) is 14.5. The molecule has 1 aromatic heterocycles. The number of hydrogen-bond acceptors (Lipinski definition) is 2. The van der Waals surface area contributed by atoms with Gasteiger partial charge in [0.25, 0.3) is 0 Å². The fraction of sp³-hybridized carbons (Fsp3) is 0.429. The molecule has 1 amide bonds. The van der Waals surface area contributed by atoms with Crippen molar-refractivity contribution in [3.8, 4) is 0 Å². The summed E-state index contributed by atoms with van der Waals surface area (Å²) in [7, 11) is 0. The Hall–Kier alpha value is -2.76. The molecule has 6 heteroatoms. The Balaban J connectivity index is 1.53. The summed E-state index contributed by atoms with van der Waals surface area (Å²) >= 11 is 0. The molecule has 0 radical (unpaired) electrons. The second-order valence-corrected chi connectivity index (χ2v) is 6.86. The van der Waals surface area contributed by atoms with Gasteiger partial charge < -0.3 is 20.5 Å². The quantitative estimate of drug-likeness (QED) is 0.496. The van der Waals surface area contributed by atoms with E-state index in [1.807, 2.05) is 36.4 Å². The Labute approximate surface area is 161 Å². The molecule has 0 unspecified atom stereocenters. The number of carbonyl (C=O) groups is 1. The van der Waals surface area contributed by atoms with Crippen molar-refractivity contribution in [2.45, 2.75) is 39.3 Å². The molecule has 0 atom stereocenters. The lowest BCUT2D eigenvalue weighted by molar-refractivity contribution is -0.122. The van der Waals surface area contributed by atoms with Crippen LogP contribution in [-0.2, 0) is 17.9 Å². The second kappa shape index (κ2) is 9.80. The van der Waals surface area contributed by atoms with E-state index in [2.05, 4.69) is 44.8 Å². The summed E-state index contributed by atoms with van der Waals surface area (Å²) in [4.78, 5) is 16.8. The van der Waals surface area contributed by atoms with Crippen LogP contribution in [0.3, 0.4) is 0 Å². The molecule has 1 aliphatic rings. The van der Waals surface area contributed by atoms with Gasteiger partial charge in [-0.15, -0.1) is 0 Å². The Bertz CT molecular complexity index is 750. The van der Waals surface area contributed by atoms with Gasteiger partial charge in [-0.05, 0) is 49.6 Å². The summed E-state index contributed by atoms with van der Waals surface area (Å²) in [6.45, 7) is 5.12. The van der Waals surface area contributed by atoms with Gasteiger partial charge in [0.1, 0.15) is 0 Å². The highest BCUT2D eigenvalue weighted by Gasteiger charge is 2.25. The SMILES string of the molecule is CCNC(=NCc1cccc(NC(=O)C2CCC2)c1)NCCn1cccc1. The Morgan fingerprint density at radius 2 is 2.00 bits per heavy atom. The minimum absolute atomic E-state index is 0.141. The molecular weight excluding hydrogens is 338 g/mol. The molecule has 0 aliphatic heterocycles. The highest BCUT2D eigenvalue weighted by Crippen LogP contribution is 2.27. The van der Waals surface area contributed by atoms with Crippen molar-refractivity contribution in [1.29, 1.82) is 0 Å². The lowest BCUT2D eigenvalue weighted by Gasteiger charge is -2.24. The molecular formula is C21H29N5O. The third-order valence-corrected chi connectivity index (χ3v) is 4.76. The van der Waals surface area contributed by atoms with Crippen LogP contribution in [0.25, 0.3) is 0 Å². The minimum atomic E-state index is 0.141. The first kappa shape index (κ1) is 19.0. The van der Waals surface area contributed by atoms with Crippen LogP contribution in [0, 0.1) is 5.92 Å². The maximum Gasteiger partial charge on any atom is 0.227 e. The maximum atomic E-state index is 12.1. The van der Waals surface area contributed by atoms with E-state index in [0.29, 0.717) is 6.54 Å². The zero-order valence-corrected chi connectivity index (χ0v) is 15.9. The van der Waals surface area contributed by atoms with Crippen molar-refractivity contribution in [3.05, 3.63) is 54.4 Å². The fourth-order valence-corrected chi connectivity index (χ4v) is 3.00. The van der Waals surface area contributed by atoms with Crippen LogP contribution in [0.15, 0.2) is 53.8 Å². The fourth-order valence-electron chi connectivity index (χ4n) is 3.00. The van der Waals surface area contributed by atoms with Gasteiger partial charge in [-0.25, -0.2) is 4.99 Å². The van der Waals surface area contributed by atoms with Crippen molar-refractivity contribution < 1.29 is 4.79 Å². The van der Waals surface area contributed by atoms with Crippen LogP contribution in [0.1, 0.15) is 31.7 Å². The first-order valence-corrected chi connectivity index (χ1v) is 9.77. The Morgan fingerprint density at radius 1 is 1.19 bits per heavy atom. The lowest BCUT2D eigenvalue weighted by atomic mass is 9.85. The van der Waals surface area contributed by atoms with Gasteiger partial charge in [0.05, 0.1) is 6.54 Å². The molecule has 2 aromatic rings. The number of amides is 1. The van der Waals surface area contributed by atoms with E-state index in [1.54, 1.807) is 0 Å². The van der Waals surface area contributed by atoms with E-state index < -0.39 is 0 Å². The Kier molecular flexibility index (Phi) is 6.90. The van der Waals surface area contributed by atoms with Crippen LogP contribution in [0.5, 0.6) is 0 Å². The van der Waals surface area contributed by atoms with Gasteiger partial charge in [0.2, 0.25) is 5.91 Å². The summed E-state index contributed by atoms with van der Waals surface area (Å²) in [6, 6.07) is 12.0. The number of benzene rings is 1. The number of nitrogens with zero attached hydrogens (tertiary/aromatic N) is 2. The van der Waals surface area contributed by atoms with Crippen molar-refractivity contribution in [2.24, 2.45) is 10.9 Å². The third-order valence-electron chi connectivity index (χ3n) is 4.76. The highest BCUT2D eigenvalue weighted by atomic mass is 16.1. The van der Waals surface area contributed by atoms with E-state index in [0.717, 1.165) is 56.1 Å². The molecule has 0 saturated heterocycles.